The number of hydrogen-bond acceptors (Lipinski definition) is 4. The Hall–Kier alpha value is -1.72. The molecule has 0 saturated heterocycles. The molecule has 2 rings (SSSR count). The van der Waals surface area contributed by atoms with E-state index in [-0.39, 0.29) is 12.5 Å². The average Bonchev–Trinajstić information content (AvgIpc) is 2.90. The molecule has 0 aliphatic rings. The Morgan fingerprint density at radius 1 is 1.29 bits per heavy atom. The lowest BCUT2D eigenvalue weighted by atomic mass is 10.3. The molecule has 112 valence electrons. The second-order valence-electron chi connectivity index (χ2n) is 4.52. The van der Waals surface area contributed by atoms with Crippen LogP contribution in [0.25, 0.3) is 0 Å². The highest BCUT2D eigenvalue weighted by Gasteiger charge is 2.11. The Kier molecular flexibility index (Phi) is 5.47. The Bertz CT molecular complexity index is 598. The highest BCUT2D eigenvalue weighted by Crippen LogP contribution is 2.22. The number of benzene rings is 1. The summed E-state index contributed by atoms with van der Waals surface area (Å²) in [6.45, 7) is 0.562. The zero-order valence-electron chi connectivity index (χ0n) is 11.9. The SMILES string of the molecule is CNc1ccc(OCC(=O)N(C)Cc2ccc(Cl)s2)cc1. The Labute approximate surface area is 133 Å². The number of carbonyl (C=O) groups excluding carboxylic acids is 1. The molecule has 21 heavy (non-hydrogen) atoms. The quantitative estimate of drug-likeness (QED) is 0.884. The number of anilines is 1. The zero-order chi connectivity index (χ0) is 15.2. The van der Waals surface area contributed by atoms with E-state index in [0.29, 0.717) is 12.3 Å². The van der Waals surface area contributed by atoms with Crippen LogP contribution in [0.4, 0.5) is 5.69 Å². The van der Waals surface area contributed by atoms with Gasteiger partial charge in [0.2, 0.25) is 0 Å². The predicted octanol–water partition coefficient (Wildman–Crippen LogP) is 3.48. The second kappa shape index (κ2) is 7.33. The van der Waals surface area contributed by atoms with Gasteiger partial charge in [0.25, 0.3) is 5.91 Å². The molecule has 0 fully saturated rings. The first-order valence-corrected chi connectivity index (χ1v) is 7.66. The average molecular weight is 325 g/mol. The van der Waals surface area contributed by atoms with Gasteiger partial charge in [0.1, 0.15) is 5.75 Å². The van der Waals surface area contributed by atoms with E-state index >= 15 is 0 Å². The summed E-state index contributed by atoms with van der Waals surface area (Å²) < 4.78 is 6.22. The molecule has 1 aromatic carbocycles. The van der Waals surface area contributed by atoms with E-state index in [1.807, 2.05) is 43.4 Å². The topological polar surface area (TPSA) is 41.6 Å². The number of carbonyl (C=O) groups is 1. The molecule has 0 spiro atoms. The second-order valence-corrected chi connectivity index (χ2v) is 6.32. The molecule has 1 N–H and O–H groups in total. The van der Waals surface area contributed by atoms with Crippen LogP contribution in [-0.2, 0) is 11.3 Å². The van der Waals surface area contributed by atoms with Crippen molar-refractivity contribution in [2.75, 3.05) is 26.0 Å². The minimum Gasteiger partial charge on any atom is -0.484 e. The number of likely N-dealkylation sites (N-methyl/N-ethyl adjacent to an activating group) is 1. The lowest BCUT2D eigenvalue weighted by molar-refractivity contribution is -0.132. The van der Waals surface area contributed by atoms with Crippen LogP contribution in [0.3, 0.4) is 0 Å². The number of hydrogen-bond donors (Lipinski definition) is 1. The molecule has 1 aromatic heterocycles. The maximum Gasteiger partial charge on any atom is 0.260 e. The number of thiophene rings is 1. The molecule has 0 aliphatic carbocycles. The maximum absolute atomic E-state index is 12.0. The number of nitrogens with one attached hydrogen (secondary N) is 1. The largest absolute Gasteiger partial charge is 0.484 e. The molecule has 0 atom stereocenters. The number of halogens is 1. The van der Waals surface area contributed by atoms with Crippen LogP contribution in [0.5, 0.6) is 5.75 Å². The van der Waals surface area contributed by atoms with Gasteiger partial charge in [-0.2, -0.15) is 0 Å². The summed E-state index contributed by atoms with van der Waals surface area (Å²) in [7, 11) is 3.61. The fourth-order valence-corrected chi connectivity index (χ4v) is 2.87. The van der Waals surface area contributed by atoms with Crippen molar-refractivity contribution in [2.45, 2.75) is 6.54 Å². The third-order valence-electron chi connectivity index (χ3n) is 2.95. The zero-order valence-corrected chi connectivity index (χ0v) is 13.5. The van der Waals surface area contributed by atoms with Crippen molar-refractivity contribution in [3.8, 4) is 5.75 Å². The minimum atomic E-state index is -0.0720. The molecule has 1 heterocycles. The van der Waals surface area contributed by atoms with Gasteiger partial charge in [-0.05, 0) is 36.4 Å². The molecule has 4 nitrogen and oxygen atoms in total. The monoisotopic (exact) mass is 324 g/mol. The van der Waals surface area contributed by atoms with E-state index in [9.17, 15) is 4.79 Å². The molecular formula is C15H17ClN2O2S. The van der Waals surface area contributed by atoms with Crippen molar-refractivity contribution in [3.63, 3.8) is 0 Å². The van der Waals surface area contributed by atoms with Crippen LogP contribution in [0.15, 0.2) is 36.4 Å². The summed E-state index contributed by atoms with van der Waals surface area (Å²) in [5.41, 5.74) is 1.00. The van der Waals surface area contributed by atoms with Gasteiger partial charge in [0.05, 0.1) is 10.9 Å². The van der Waals surface area contributed by atoms with Gasteiger partial charge in [0.15, 0.2) is 6.61 Å². The molecule has 6 heteroatoms. The first kappa shape index (κ1) is 15.7. The number of amides is 1. The van der Waals surface area contributed by atoms with Gasteiger partial charge in [-0.25, -0.2) is 0 Å². The Balaban J connectivity index is 1.82. The van der Waals surface area contributed by atoms with Crippen molar-refractivity contribution in [3.05, 3.63) is 45.6 Å². The number of rotatable bonds is 6. The van der Waals surface area contributed by atoms with Crippen LogP contribution in [0.1, 0.15) is 4.88 Å². The Morgan fingerprint density at radius 2 is 2.00 bits per heavy atom. The summed E-state index contributed by atoms with van der Waals surface area (Å²) >= 11 is 7.35. The van der Waals surface area contributed by atoms with Gasteiger partial charge >= 0.3 is 0 Å². The highest BCUT2D eigenvalue weighted by atomic mass is 35.5. The van der Waals surface area contributed by atoms with E-state index < -0.39 is 0 Å². The van der Waals surface area contributed by atoms with Crippen LogP contribution in [-0.4, -0.2) is 31.5 Å². The fraction of sp³-hybridized carbons (Fsp3) is 0.267. The van der Waals surface area contributed by atoms with E-state index in [1.165, 1.54) is 11.3 Å². The van der Waals surface area contributed by atoms with Gasteiger partial charge in [-0.3, -0.25) is 4.79 Å². The maximum atomic E-state index is 12.0. The molecule has 2 aromatic rings. The number of nitrogens with zero attached hydrogens (tertiary/aromatic N) is 1. The first-order chi connectivity index (χ1) is 10.1. The van der Waals surface area contributed by atoms with Crippen molar-refractivity contribution in [1.29, 1.82) is 0 Å². The number of ether oxygens (including phenoxy) is 1. The molecule has 0 aliphatic heterocycles. The molecule has 0 bridgehead atoms. The van der Waals surface area contributed by atoms with E-state index in [0.717, 1.165) is 14.9 Å². The van der Waals surface area contributed by atoms with Crippen molar-refractivity contribution >= 4 is 34.5 Å². The van der Waals surface area contributed by atoms with E-state index in [1.54, 1.807) is 11.9 Å². The normalized spacial score (nSPS) is 10.2. The van der Waals surface area contributed by atoms with Crippen LogP contribution in [0, 0.1) is 0 Å². The van der Waals surface area contributed by atoms with Crippen molar-refractivity contribution in [2.24, 2.45) is 0 Å². The molecule has 0 unspecified atom stereocenters. The molecular weight excluding hydrogens is 308 g/mol. The minimum absolute atomic E-state index is 0.0223. The van der Waals surface area contributed by atoms with E-state index in [2.05, 4.69) is 5.32 Å². The van der Waals surface area contributed by atoms with Crippen molar-refractivity contribution in [1.82, 2.24) is 4.90 Å². The van der Waals surface area contributed by atoms with Gasteiger partial charge in [-0.15, -0.1) is 11.3 Å². The first-order valence-electron chi connectivity index (χ1n) is 6.47. The molecule has 1 amide bonds. The molecule has 0 radical (unpaired) electrons. The van der Waals surface area contributed by atoms with Crippen LogP contribution >= 0.6 is 22.9 Å². The fourth-order valence-electron chi connectivity index (χ4n) is 1.73. The third kappa shape index (κ3) is 4.65. The van der Waals surface area contributed by atoms with Gasteiger partial charge < -0.3 is 15.0 Å². The van der Waals surface area contributed by atoms with Gasteiger partial charge in [-0.1, -0.05) is 11.6 Å². The standard InChI is InChI=1S/C15H17ClN2O2S/c1-17-11-3-5-12(6-4-11)20-10-15(19)18(2)9-13-7-8-14(16)21-13/h3-8,17H,9-10H2,1-2H3. The summed E-state index contributed by atoms with van der Waals surface area (Å²) in [5.74, 6) is 0.604. The third-order valence-corrected chi connectivity index (χ3v) is 4.17. The Morgan fingerprint density at radius 3 is 2.57 bits per heavy atom. The summed E-state index contributed by atoms with van der Waals surface area (Å²) in [5, 5.41) is 3.03. The highest BCUT2D eigenvalue weighted by molar-refractivity contribution is 7.16. The van der Waals surface area contributed by atoms with Crippen LogP contribution in [0.2, 0.25) is 4.34 Å². The molecule has 0 saturated carbocycles. The lowest BCUT2D eigenvalue weighted by Gasteiger charge is -2.16. The van der Waals surface area contributed by atoms with E-state index in [4.69, 9.17) is 16.3 Å². The van der Waals surface area contributed by atoms with Crippen LogP contribution < -0.4 is 10.1 Å². The predicted molar refractivity (Wildman–Crippen MR) is 87.3 cm³/mol. The van der Waals surface area contributed by atoms with Gasteiger partial charge in [0, 0.05) is 24.7 Å². The summed E-state index contributed by atoms with van der Waals surface area (Å²) in [6.07, 6.45) is 0. The summed E-state index contributed by atoms with van der Waals surface area (Å²) in [6, 6.07) is 11.2. The summed E-state index contributed by atoms with van der Waals surface area (Å²) in [4.78, 5) is 14.7. The smallest absolute Gasteiger partial charge is 0.260 e. The lowest BCUT2D eigenvalue weighted by Crippen LogP contribution is -2.30. The van der Waals surface area contributed by atoms with Crippen molar-refractivity contribution < 1.29 is 9.53 Å².